The molecule has 2 aromatic carbocycles. The summed E-state index contributed by atoms with van der Waals surface area (Å²) in [6.45, 7) is 4.13. The zero-order chi connectivity index (χ0) is 20.8. The quantitative estimate of drug-likeness (QED) is 0.441. The Kier molecular flexibility index (Phi) is 11.1. The van der Waals surface area contributed by atoms with Gasteiger partial charge in [0.15, 0.2) is 0 Å². The Morgan fingerprint density at radius 2 is 1.68 bits per heavy atom. The summed E-state index contributed by atoms with van der Waals surface area (Å²) in [6, 6.07) is 13.9. The zero-order valence-electron chi connectivity index (χ0n) is 16.0. The molecule has 0 unspecified atom stereocenters. The van der Waals surface area contributed by atoms with Crippen molar-refractivity contribution in [3.63, 3.8) is 0 Å². The van der Waals surface area contributed by atoms with Gasteiger partial charge in [0.25, 0.3) is 0 Å². The molecule has 0 aliphatic heterocycles. The second kappa shape index (κ2) is 13.1. The molecule has 0 fully saturated rings. The van der Waals surface area contributed by atoms with Crippen LogP contribution in [-0.2, 0) is 18.2 Å². The summed E-state index contributed by atoms with van der Waals surface area (Å²) in [4.78, 5) is 0. The average Bonchev–Trinajstić information content (AvgIpc) is 2.69. The standard InChI is InChI=1S/C11H18NO4P.C7H6NO2P/c1-4-15-17(13,16-5-2)12-10-8-6-7-9-11(10)14-3;8-6-1-3-7(4-2-6)10-5-11-9/h6-9H,4-5H2,1-3H3,(H,12,13);1-4H,8H2. The summed E-state index contributed by atoms with van der Waals surface area (Å²) in [6.07, 6.45) is 0. The number of nitrogens with one attached hydrogen (secondary N) is 1. The minimum atomic E-state index is -3.31. The maximum absolute atomic E-state index is 12.2. The van der Waals surface area contributed by atoms with Crippen molar-refractivity contribution >= 4 is 27.0 Å². The van der Waals surface area contributed by atoms with Crippen molar-refractivity contribution in [2.24, 2.45) is 0 Å². The molecule has 3 N–H and O–H groups in total. The number of rotatable bonds is 8. The van der Waals surface area contributed by atoms with E-state index in [1.807, 2.05) is 12.1 Å². The van der Waals surface area contributed by atoms with Gasteiger partial charge < -0.3 is 4.74 Å². The van der Waals surface area contributed by atoms with Gasteiger partial charge in [-0.15, -0.1) is 0 Å². The number of anilines is 2. The van der Waals surface area contributed by atoms with Gasteiger partial charge in [-0.2, -0.15) is 0 Å². The van der Waals surface area contributed by atoms with Crippen molar-refractivity contribution in [1.82, 2.24) is 0 Å². The van der Waals surface area contributed by atoms with Crippen LogP contribution in [0.2, 0.25) is 0 Å². The van der Waals surface area contributed by atoms with Crippen molar-refractivity contribution in [2.75, 3.05) is 31.1 Å². The van der Waals surface area contributed by atoms with E-state index in [9.17, 15) is 9.13 Å². The van der Waals surface area contributed by atoms with Crippen molar-refractivity contribution in [2.45, 2.75) is 13.8 Å². The molecule has 10 heteroatoms. The molecule has 0 heterocycles. The van der Waals surface area contributed by atoms with Crippen molar-refractivity contribution in [3.05, 3.63) is 48.5 Å². The first-order valence-electron chi connectivity index (χ1n) is 8.38. The van der Waals surface area contributed by atoms with E-state index in [-0.39, 0.29) is 7.92 Å². The van der Waals surface area contributed by atoms with Crippen LogP contribution in [0.25, 0.3) is 0 Å². The molecule has 152 valence electrons. The molecule has 2 aromatic rings. The number of ether oxygens (including phenoxy) is 2. The van der Waals surface area contributed by atoms with Crippen molar-refractivity contribution in [3.8, 4) is 17.3 Å². The van der Waals surface area contributed by atoms with Gasteiger partial charge in [-0.25, -0.2) is 4.57 Å². The van der Waals surface area contributed by atoms with E-state index >= 15 is 0 Å². The first-order valence-corrected chi connectivity index (χ1v) is 10.7. The molecule has 0 saturated carbocycles. The van der Waals surface area contributed by atoms with Gasteiger partial charge in [0.05, 0.1) is 26.0 Å². The summed E-state index contributed by atoms with van der Waals surface area (Å²) < 4.78 is 42.3. The van der Waals surface area contributed by atoms with Gasteiger partial charge in [-0.1, -0.05) is 12.1 Å². The summed E-state index contributed by atoms with van der Waals surface area (Å²) in [5.41, 5.74) is 6.66. The molecule has 0 aliphatic carbocycles. The van der Waals surface area contributed by atoms with E-state index in [0.717, 1.165) is 0 Å². The monoisotopic (exact) mass is 426 g/mol. The van der Waals surface area contributed by atoms with Crippen LogP contribution >= 0.6 is 15.7 Å². The third-order valence-electron chi connectivity index (χ3n) is 3.04. The zero-order valence-corrected chi connectivity index (χ0v) is 17.7. The van der Waals surface area contributed by atoms with Crippen LogP contribution < -0.4 is 20.3 Å². The van der Waals surface area contributed by atoms with E-state index in [1.54, 1.807) is 57.4 Å². The fraction of sp³-hybridized carbons (Fsp3) is 0.278. The van der Waals surface area contributed by atoms with Gasteiger partial charge in [-0.05, 0) is 26.0 Å². The topological polar surface area (TPSA) is 109 Å². The fourth-order valence-corrected chi connectivity index (χ4v) is 3.44. The van der Waals surface area contributed by atoms with Crippen LogP contribution in [0.4, 0.5) is 11.4 Å². The maximum atomic E-state index is 12.2. The third-order valence-corrected chi connectivity index (χ3v) is 4.92. The Bertz CT molecular complexity index is 861. The first-order chi connectivity index (χ1) is 13.5. The number of methoxy groups -OCH3 is 1. The van der Waals surface area contributed by atoms with Crippen LogP contribution in [0.5, 0.6) is 11.5 Å². The molecule has 0 spiro atoms. The average molecular weight is 426 g/mol. The second-order valence-corrected chi connectivity index (χ2v) is 7.10. The van der Waals surface area contributed by atoms with E-state index in [2.05, 4.69) is 10.9 Å². The Hall–Kier alpha value is -2.20. The van der Waals surface area contributed by atoms with Gasteiger partial charge >= 0.3 is 72.2 Å². The van der Waals surface area contributed by atoms with E-state index in [0.29, 0.717) is 36.1 Å². The van der Waals surface area contributed by atoms with E-state index in [4.69, 9.17) is 24.3 Å². The summed E-state index contributed by atoms with van der Waals surface area (Å²) in [5.74, 6) is 3.32. The van der Waals surface area contributed by atoms with Crippen LogP contribution in [0, 0.1) is 5.81 Å². The van der Waals surface area contributed by atoms with Crippen molar-refractivity contribution < 1.29 is 27.7 Å². The molecule has 0 amide bonds. The molecule has 8 nitrogen and oxygen atoms in total. The van der Waals surface area contributed by atoms with Gasteiger partial charge in [0.1, 0.15) is 5.75 Å². The Morgan fingerprint density at radius 3 is 2.21 bits per heavy atom. The number of benzene rings is 2. The minimum absolute atomic E-state index is 0.263. The summed E-state index contributed by atoms with van der Waals surface area (Å²) in [7, 11) is -2.03. The number of hydrogen-bond donors (Lipinski definition) is 2. The Morgan fingerprint density at radius 1 is 1.07 bits per heavy atom. The predicted molar refractivity (Wildman–Crippen MR) is 110 cm³/mol. The molecule has 0 saturated heterocycles. The number of hydrogen-bond acceptors (Lipinski definition) is 7. The van der Waals surface area contributed by atoms with E-state index in [1.165, 1.54) is 0 Å². The number of para-hydroxylation sites is 2. The molecule has 0 bridgehead atoms. The van der Waals surface area contributed by atoms with Crippen LogP contribution in [-0.4, -0.2) is 20.3 Å². The third kappa shape index (κ3) is 8.66. The summed E-state index contributed by atoms with van der Waals surface area (Å²) in [5, 5.41) is 2.76. The second-order valence-electron chi connectivity index (χ2n) is 5.00. The normalized spacial score (nSPS) is 10.1. The van der Waals surface area contributed by atoms with E-state index < -0.39 is 7.75 Å². The molecule has 0 aromatic heterocycles. The predicted octanol–water partition coefficient (Wildman–Crippen LogP) is 5.14. The molecule has 28 heavy (non-hydrogen) atoms. The first kappa shape index (κ1) is 23.8. The SMILES string of the molecule is CCOP(=O)(Nc1ccccc1OC)OCC.Nc1ccc(OC#P=O)cc1. The Labute approximate surface area is 166 Å². The Balaban J connectivity index is 0.000000307. The van der Waals surface area contributed by atoms with Crippen LogP contribution in [0.1, 0.15) is 13.8 Å². The molecular weight excluding hydrogens is 402 g/mol. The van der Waals surface area contributed by atoms with Crippen LogP contribution in [0.3, 0.4) is 0 Å². The van der Waals surface area contributed by atoms with Crippen molar-refractivity contribution in [1.29, 1.82) is 0 Å². The van der Waals surface area contributed by atoms with Gasteiger partial charge in [-0.3, -0.25) is 14.1 Å². The number of nitrogens with two attached hydrogens (primary N) is 1. The molecular formula is C18H24N2O6P2. The molecule has 2 rings (SSSR count). The fourth-order valence-electron chi connectivity index (χ4n) is 1.93. The van der Waals surface area contributed by atoms with Gasteiger partial charge in [0.2, 0.25) is 0 Å². The molecule has 0 atom stereocenters. The molecule has 0 radical (unpaired) electrons. The molecule has 0 aliphatic rings. The van der Waals surface area contributed by atoms with Gasteiger partial charge in [0, 0.05) is 0 Å². The summed E-state index contributed by atoms with van der Waals surface area (Å²) >= 11 is 0. The number of nitrogen functional groups attached to an aromatic ring is 1. The van der Waals surface area contributed by atoms with Crippen LogP contribution in [0.15, 0.2) is 48.5 Å².